The molecule has 0 spiro atoms. The summed E-state index contributed by atoms with van der Waals surface area (Å²) in [5.41, 5.74) is 1.89. The predicted octanol–water partition coefficient (Wildman–Crippen LogP) is 6.59. The Morgan fingerprint density at radius 3 is 2.78 bits per heavy atom. The van der Waals surface area contributed by atoms with Gasteiger partial charge >= 0.3 is 5.82 Å². The first-order valence-corrected chi connectivity index (χ1v) is 16.7. The number of likely N-dealkylation sites (tertiary alicyclic amines) is 1. The van der Waals surface area contributed by atoms with E-state index in [-0.39, 0.29) is 18.2 Å². The summed E-state index contributed by atoms with van der Waals surface area (Å²) >= 11 is 3.80. The molecule has 1 fully saturated rings. The standard InChI is InChI=1S/C26H28IN4O4PS/c1-26(2,35-36-27)10-7-18-5-4-6-19(13-18)17-34-22-14-21(15-28-24(22)31(32)33)23-16-29-25(37-23)20-8-11-30(3)12-9-20/h4-6,13-16,20,36H,8-9,11-12,17H2,1-3H3. The number of pyridine rings is 1. The van der Waals surface area contributed by atoms with Gasteiger partial charge in [-0.25, -0.2) is 4.98 Å². The second-order valence-electron chi connectivity index (χ2n) is 9.37. The van der Waals surface area contributed by atoms with E-state index in [1.165, 1.54) is 6.20 Å². The molecule has 1 atom stereocenters. The Balaban J connectivity index is 1.51. The van der Waals surface area contributed by atoms with Gasteiger partial charge in [0.15, 0.2) is 0 Å². The average molecular weight is 650 g/mol. The van der Waals surface area contributed by atoms with Crippen molar-refractivity contribution >= 4 is 45.6 Å². The molecule has 0 saturated carbocycles. The van der Waals surface area contributed by atoms with E-state index >= 15 is 0 Å². The highest BCUT2D eigenvalue weighted by molar-refractivity contribution is 14.2. The number of hydrogen-bond donors (Lipinski definition) is 0. The van der Waals surface area contributed by atoms with E-state index in [2.05, 4.69) is 55.8 Å². The lowest BCUT2D eigenvalue weighted by Gasteiger charge is -2.27. The van der Waals surface area contributed by atoms with Crippen molar-refractivity contribution in [1.82, 2.24) is 14.9 Å². The molecular weight excluding hydrogens is 622 g/mol. The van der Waals surface area contributed by atoms with Crippen molar-refractivity contribution in [1.29, 1.82) is 0 Å². The number of hydrogen-bond acceptors (Lipinski definition) is 8. The minimum atomic E-state index is -0.539. The maximum Gasteiger partial charge on any atom is 0.406 e. The highest BCUT2D eigenvalue weighted by Crippen LogP contribution is 2.37. The molecule has 0 amide bonds. The summed E-state index contributed by atoms with van der Waals surface area (Å²) in [5.74, 6) is 6.55. The van der Waals surface area contributed by atoms with Crippen LogP contribution in [0, 0.1) is 22.0 Å². The molecule has 1 aliphatic heterocycles. The topological polar surface area (TPSA) is 90.6 Å². The predicted molar refractivity (Wildman–Crippen MR) is 157 cm³/mol. The van der Waals surface area contributed by atoms with Gasteiger partial charge in [0.1, 0.15) is 18.4 Å². The lowest BCUT2D eigenvalue weighted by atomic mass is 9.98. The smallest absolute Gasteiger partial charge is 0.406 e. The number of piperidine rings is 1. The SMILES string of the molecule is CN1CCC(c2ncc(-c3cnc([N+](=O)[O-])c(OCc4cccc(C#CC(C)(C)OPI)c4)c3)s2)CC1. The summed E-state index contributed by atoms with van der Waals surface area (Å²) < 4.78 is 11.6. The lowest BCUT2D eigenvalue weighted by molar-refractivity contribution is -0.390. The molecule has 0 radical (unpaired) electrons. The van der Waals surface area contributed by atoms with Crippen LogP contribution in [0.4, 0.5) is 5.82 Å². The van der Waals surface area contributed by atoms with Gasteiger partial charge in [0.2, 0.25) is 5.75 Å². The number of thiazole rings is 1. The zero-order chi connectivity index (χ0) is 26.4. The van der Waals surface area contributed by atoms with Gasteiger partial charge in [-0.15, -0.1) is 11.3 Å². The number of aromatic nitrogens is 2. The van der Waals surface area contributed by atoms with Crippen molar-refractivity contribution < 1.29 is 14.2 Å². The average Bonchev–Trinajstić information content (AvgIpc) is 3.37. The summed E-state index contributed by atoms with van der Waals surface area (Å²) in [7, 11) is 2.14. The van der Waals surface area contributed by atoms with Crippen molar-refractivity contribution in [3.8, 4) is 28.0 Å². The minimum Gasteiger partial charge on any atom is -0.481 e. The Kier molecular flexibility index (Phi) is 9.48. The quantitative estimate of drug-likeness (QED) is 0.0894. The number of halogens is 1. The maximum absolute atomic E-state index is 11.6. The Labute approximate surface area is 235 Å². The fourth-order valence-electron chi connectivity index (χ4n) is 3.93. The number of rotatable bonds is 8. The van der Waals surface area contributed by atoms with Crippen LogP contribution < -0.4 is 4.74 Å². The monoisotopic (exact) mass is 650 g/mol. The zero-order valence-electron chi connectivity index (χ0n) is 20.9. The number of ether oxygens (including phenoxy) is 1. The molecule has 0 aliphatic carbocycles. The number of benzene rings is 1. The molecule has 37 heavy (non-hydrogen) atoms. The van der Waals surface area contributed by atoms with Crippen molar-refractivity contribution in [3.05, 3.63) is 69.0 Å². The molecule has 3 aromatic rings. The van der Waals surface area contributed by atoms with Gasteiger partial charge in [0.05, 0.1) is 16.3 Å². The first-order valence-electron chi connectivity index (χ1n) is 11.8. The second kappa shape index (κ2) is 12.6. The van der Waals surface area contributed by atoms with Gasteiger partial charge in [-0.1, -0.05) is 24.0 Å². The minimum absolute atomic E-state index is 0.130. The molecule has 0 N–H and O–H groups in total. The summed E-state index contributed by atoms with van der Waals surface area (Å²) in [6.45, 7) is 6.46. The summed E-state index contributed by atoms with van der Waals surface area (Å²) in [6, 6.07) is 9.30. The van der Waals surface area contributed by atoms with Crippen LogP contribution in [0.15, 0.2) is 42.7 Å². The Morgan fingerprint density at radius 2 is 2.05 bits per heavy atom. The van der Waals surface area contributed by atoms with Gasteiger partial charge in [0.25, 0.3) is 0 Å². The summed E-state index contributed by atoms with van der Waals surface area (Å²) in [4.78, 5) is 23.1. The van der Waals surface area contributed by atoms with Crippen molar-refractivity contribution in [2.24, 2.45) is 0 Å². The molecule has 1 unspecified atom stereocenters. The van der Waals surface area contributed by atoms with E-state index in [0.29, 0.717) is 12.4 Å². The van der Waals surface area contributed by atoms with E-state index in [0.717, 1.165) is 52.5 Å². The van der Waals surface area contributed by atoms with Crippen LogP contribution in [-0.2, 0) is 11.1 Å². The van der Waals surface area contributed by atoms with Crippen LogP contribution in [0.5, 0.6) is 5.75 Å². The van der Waals surface area contributed by atoms with Crippen LogP contribution in [0.3, 0.4) is 0 Å². The zero-order valence-corrected chi connectivity index (χ0v) is 24.8. The van der Waals surface area contributed by atoms with Gasteiger partial charge in [0, 0.05) is 29.3 Å². The fourth-order valence-corrected chi connectivity index (χ4v) is 6.89. The van der Waals surface area contributed by atoms with Crippen molar-refractivity contribution in [2.75, 3.05) is 20.1 Å². The highest BCUT2D eigenvalue weighted by Gasteiger charge is 2.23. The molecule has 1 aromatic carbocycles. The lowest BCUT2D eigenvalue weighted by Crippen LogP contribution is -2.29. The molecule has 194 valence electrons. The third-order valence-corrected chi connectivity index (χ3v) is 8.46. The Hall–Kier alpha value is -2.16. The molecule has 1 aliphatic rings. The third kappa shape index (κ3) is 7.68. The van der Waals surface area contributed by atoms with Gasteiger partial charge in [-0.3, -0.25) is 0 Å². The van der Waals surface area contributed by atoms with Crippen LogP contribution in [0.2, 0.25) is 0 Å². The Bertz CT molecular complexity index is 1320. The largest absolute Gasteiger partial charge is 0.481 e. The van der Waals surface area contributed by atoms with Gasteiger partial charge in [-0.2, -0.15) is 0 Å². The van der Waals surface area contributed by atoms with Crippen LogP contribution in [-0.4, -0.2) is 45.5 Å². The summed E-state index contributed by atoms with van der Waals surface area (Å²) in [5, 5.41) is 12.7. The van der Waals surface area contributed by atoms with Gasteiger partial charge < -0.3 is 24.3 Å². The maximum atomic E-state index is 11.6. The van der Waals surface area contributed by atoms with E-state index in [4.69, 9.17) is 9.26 Å². The van der Waals surface area contributed by atoms with E-state index in [1.54, 1.807) is 17.4 Å². The van der Waals surface area contributed by atoms with Crippen LogP contribution in [0.25, 0.3) is 10.4 Å². The van der Waals surface area contributed by atoms with Gasteiger partial charge in [-0.05, 0) is 96.5 Å². The van der Waals surface area contributed by atoms with E-state index in [9.17, 15) is 10.1 Å². The van der Waals surface area contributed by atoms with E-state index in [1.807, 2.05) is 44.3 Å². The van der Waals surface area contributed by atoms with Crippen LogP contribution in [0.1, 0.15) is 48.7 Å². The number of nitrogens with zero attached hydrogens (tertiary/aromatic N) is 4. The van der Waals surface area contributed by atoms with Crippen molar-refractivity contribution in [2.45, 2.75) is 44.8 Å². The number of nitro groups is 1. The Morgan fingerprint density at radius 1 is 1.27 bits per heavy atom. The fraction of sp³-hybridized carbons (Fsp3) is 0.385. The normalized spacial score (nSPS) is 15.0. The highest BCUT2D eigenvalue weighted by atomic mass is 127. The van der Waals surface area contributed by atoms with Crippen LogP contribution >= 0.6 is 39.8 Å². The molecule has 1 saturated heterocycles. The molecule has 0 bridgehead atoms. The molecule has 11 heteroatoms. The molecule has 3 heterocycles. The van der Waals surface area contributed by atoms with Crippen molar-refractivity contribution in [3.63, 3.8) is 0 Å². The summed E-state index contributed by atoms with van der Waals surface area (Å²) in [6.07, 6.45) is 5.52. The first-order chi connectivity index (χ1) is 17.7. The third-order valence-electron chi connectivity index (χ3n) is 6.00. The second-order valence-corrected chi connectivity index (χ2v) is 12.1. The molecular formula is C26H28IN4O4PS. The first kappa shape index (κ1) is 27.9. The molecule has 2 aromatic heterocycles. The molecule has 4 rings (SSSR count). The molecule has 8 nitrogen and oxygen atoms in total. The van der Waals surface area contributed by atoms with E-state index < -0.39 is 10.5 Å².